The Bertz CT molecular complexity index is 682. The summed E-state index contributed by atoms with van der Waals surface area (Å²) < 4.78 is 38.5. The number of carboxylic acid groups (broad SMARTS) is 1. The molecule has 0 unspecified atom stereocenters. The molecule has 0 fully saturated rings. The molecule has 0 amide bonds. The summed E-state index contributed by atoms with van der Waals surface area (Å²) in [5, 5.41) is 10.9. The van der Waals surface area contributed by atoms with Gasteiger partial charge in [-0.1, -0.05) is 48.9 Å². The summed E-state index contributed by atoms with van der Waals surface area (Å²) in [6.07, 6.45) is -4.58. The number of carbonyl (C=O) groups is 1. The number of halogens is 4. The molecule has 0 aliphatic carbocycles. The van der Waals surface area contributed by atoms with Crippen LogP contribution in [-0.4, -0.2) is 17.3 Å². The van der Waals surface area contributed by atoms with Gasteiger partial charge >= 0.3 is 12.1 Å². The van der Waals surface area contributed by atoms with Crippen molar-refractivity contribution in [3.63, 3.8) is 0 Å². The van der Waals surface area contributed by atoms with E-state index in [4.69, 9.17) is 16.7 Å². The molecule has 0 saturated carbocycles. The fourth-order valence-corrected chi connectivity index (χ4v) is 2.54. The van der Waals surface area contributed by atoms with E-state index >= 15 is 0 Å². The third-order valence-corrected chi connectivity index (χ3v) is 3.82. The molecule has 0 heterocycles. The van der Waals surface area contributed by atoms with Crippen molar-refractivity contribution < 1.29 is 23.1 Å². The lowest BCUT2D eigenvalue weighted by Gasteiger charge is -2.23. The largest absolute Gasteiger partial charge is 0.481 e. The number of hydrogen-bond donors (Lipinski definition) is 1. The first-order valence-corrected chi connectivity index (χ1v) is 6.57. The molecule has 21 heavy (non-hydrogen) atoms. The molecule has 0 saturated heterocycles. The molecule has 2 aromatic rings. The molecule has 6 heteroatoms. The predicted molar refractivity (Wildman–Crippen MR) is 74.6 cm³/mol. The molecule has 2 atom stereocenters. The zero-order valence-electron chi connectivity index (χ0n) is 11.0. The Labute approximate surface area is 124 Å². The van der Waals surface area contributed by atoms with Crippen LogP contribution in [0.5, 0.6) is 0 Å². The van der Waals surface area contributed by atoms with Gasteiger partial charge in [-0.25, -0.2) is 0 Å². The van der Waals surface area contributed by atoms with Crippen molar-refractivity contribution in [2.45, 2.75) is 19.0 Å². The minimum atomic E-state index is -4.58. The second-order valence-electron chi connectivity index (χ2n) is 4.87. The van der Waals surface area contributed by atoms with Gasteiger partial charge in [-0.3, -0.25) is 4.79 Å². The molecule has 0 aliphatic heterocycles. The third-order valence-electron chi connectivity index (χ3n) is 3.49. The van der Waals surface area contributed by atoms with E-state index in [2.05, 4.69) is 0 Å². The van der Waals surface area contributed by atoms with E-state index in [0.29, 0.717) is 15.8 Å². The van der Waals surface area contributed by atoms with Crippen LogP contribution < -0.4 is 0 Å². The van der Waals surface area contributed by atoms with Gasteiger partial charge in [0.2, 0.25) is 0 Å². The topological polar surface area (TPSA) is 37.3 Å². The minimum Gasteiger partial charge on any atom is -0.481 e. The highest BCUT2D eigenvalue weighted by atomic mass is 35.5. The van der Waals surface area contributed by atoms with Crippen LogP contribution in [0, 0.1) is 5.92 Å². The number of benzene rings is 2. The van der Waals surface area contributed by atoms with Crippen LogP contribution in [0.15, 0.2) is 36.4 Å². The molecule has 0 bridgehead atoms. The van der Waals surface area contributed by atoms with Crippen LogP contribution in [0.25, 0.3) is 10.8 Å². The Kier molecular flexibility index (Phi) is 4.14. The van der Waals surface area contributed by atoms with Crippen LogP contribution in [0.1, 0.15) is 18.4 Å². The first kappa shape index (κ1) is 15.6. The average molecular weight is 317 g/mol. The minimum absolute atomic E-state index is 0.113. The van der Waals surface area contributed by atoms with E-state index in [-0.39, 0.29) is 5.56 Å². The lowest BCUT2D eigenvalue weighted by atomic mass is 9.86. The lowest BCUT2D eigenvalue weighted by Crippen LogP contribution is -2.31. The Morgan fingerprint density at radius 1 is 1.24 bits per heavy atom. The van der Waals surface area contributed by atoms with Gasteiger partial charge in [0, 0.05) is 10.4 Å². The van der Waals surface area contributed by atoms with Crippen molar-refractivity contribution in [1.29, 1.82) is 0 Å². The Balaban J connectivity index is 2.54. The number of hydrogen-bond acceptors (Lipinski definition) is 1. The van der Waals surface area contributed by atoms with Gasteiger partial charge in [-0.15, -0.1) is 0 Å². The molecule has 112 valence electrons. The van der Waals surface area contributed by atoms with Gasteiger partial charge < -0.3 is 5.11 Å². The second-order valence-corrected chi connectivity index (χ2v) is 5.27. The summed E-state index contributed by atoms with van der Waals surface area (Å²) in [4.78, 5) is 11.3. The second kappa shape index (κ2) is 5.56. The first-order valence-electron chi connectivity index (χ1n) is 6.19. The molecular formula is C15H12ClF3O2. The molecule has 0 aliphatic rings. The molecule has 2 nitrogen and oxygen atoms in total. The molecule has 0 spiro atoms. The number of aliphatic carboxylic acids is 1. The maximum Gasteiger partial charge on any atom is 0.392 e. The van der Waals surface area contributed by atoms with Crippen molar-refractivity contribution in [3.05, 3.63) is 47.0 Å². The first-order chi connectivity index (χ1) is 9.71. The lowest BCUT2D eigenvalue weighted by molar-refractivity contribution is -0.183. The van der Waals surface area contributed by atoms with Gasteiger partial charge in [-0.2, -0.15) is 13.2 Å². The third kappa shape index (κ3) is 3.13. The van der Waals surface area contributed by atoms with Crippen LogP contribution in [0.3, 0.4) is 0 Å². The Morgan fingerprint density at radius 3 is 2.48 bits per heavy atom. The number of alkyl halides is 3. The summed E-state index contributed by atoms with van der Waals surface area (Å²) in [7, 11) is 0. The van der Waals surface area contributed by atoms with E-state index in [1.807, 2.05) is 0 Å². The summed E-state index contributed by atoms with van der Waals surface area (Å²) >= 11 is 5.99. The fourth-order valence-electron chi connectivity index (χ4n) is 2.29. The molecule has 1 N–H and O–H groups in total. The number of carboxylic acids is 1. The molecule has 2 aromatic carbocycles. The monoisotopic (exact) mass is 316 g/mol. The van der Waals surface area contributed by atoms with Crippen molar-refractivity contribution in [1.82, 2.24) is 0 Å². The zero-order valence-corrected chi connectivity index (χ0v) is 11.7. The summed E-state index contributed by atoms with van der Waals surface area (Å²) in [5.41, 5.74) is 0.113. The normalized spacial score (nSPS) is 14.9. The van der Waals surface area contributed by atoms with Crippen molar-refractivity contribution in [3.8, 4) is 0 Å². The fraction of sp³-hybridized carbons (Fsp3) is 0.267. The maximum absolute atomic E-state index is 12.8. The van der Waals surface area contributed by atoms with E-state index in [9.17, 15) is 18.0 Å². The van der Waals surface area contributed by atoms with Crippen molar-refractivity contribution >= 4 is 28.3 Å². The summed E-state index contributed by atoms with van der Waals surface area (Å²) in [5.74, 6) is -5.12. The molecule has 2 rings (SSSR count). The highest BCUT2D eigenvalue weighted by Gasteiger charge is 2.45. The van der Waals surface area contributed by atoms with Gasteiger partial charge in [0.25, 0.3) is 0 Å². The SMILES string of the molecule is C[C@H]([C@H](C(=O)O)c1ccc2c(Cl)cccc2c1)C(F)(F)F. The Hall–Kier alpha value is -1.75. The van der Waals surface area contributed by atoms with Crippen LogP contribution in [0.4, 0.5) is 13.2 Å². The van der Waals surface area contributed by atoms with E-state index in [1.54, 1.807) is 24.3 Å². The Morgan fingerprint density at radius 2 is 1.90 bits per heavy atom. The zero-order chi connectivity index (χ0) is 15.8. The van der Waals surface area contributed by atoms with E-state index in [1.165, 1.54) is 12.1 Å². The van der Waals surface area contributed by atoms with E-state index in [0.717, 1.165) is 6.92 Å². The molecule has 0 aromatic heterocycles. The highest BCUT2D eigenvalue weighted by molar-refractivity contribution is 6.35. The maximum atomic E-state index is 12.8. The molecule has 0 radical (unpaired) electrons. The smallest absolute Gasteiger partial charge is 0.392 e. The number of fused-ring (bicyclic) bond motifs is 1. The van der Waals surface area contributed by atoms with Crippen molar-refractivity contribution in [2.24, 2.45) is 5.92 Å². The quantitative estimate of drug-likeness (QED) is 0.878. The summed E-state index contributed by atoms with van der Waals surface area (Å²) in [6, 6.07) is 9.39. The van der Waals surface area contributed by atoms with Crippen LogP contribution in [0.2, 0.25) is 5.02 Å². The van der Waals surface area contributed by atoms with Crippen LogP contribution in [-0.2, 0) is 4.79 Å². The van der Waals surface area contributed by atoms with Crippen molar-refractivity contribution in [2.75, 3.05) is 0 Å². The van der Waals surface area contributed by atoms with Gasteiger partial charge in [0.15, 0.2) is 0 Å². The average Bonchev–Trinajstić information content (AvgIpc) is 2.37. The van der Waals surface area contributed by atoms with E-state index < -0.39 is 24.0 Å². The summed E-state index contributed by atoms with van der Waals surface area (Å²) in [6.45, 7) is 0.876. The van der Waals surface area contributed by atoms with Gasteiger partial charge in [0.05, 0.1) is 11.8 Å². The van der Waals surface area contributed by atoms with Gasteiger partial charge in [-0.05, 0) is 17.0 Å². The van der Waals surface area contributed by atoms with Gasteiger partial charge in [0.1, 0.15) is 0 Å². The molecular weight excluding hydrogens is 305 g/mol. The standard InChI is InChI=1S/C15H12ClF3O2/c1-8(15(17,18)19)13(14(20)21)10-5-6-11-9(7-10)3-2-4-12(11)16/h2-8,13H,1H3,(H,20,21)/t8-,13+/m1/s1. The van der Waals surface area contributed by atoms with Crippen LogP contribution >= 0.6 is 11.6 Å². The highest BCUT2D eigenvalue weighted by Crippen LogP contribution is 2.38. The number of rotatable bonds is 3. The predicted octanol–water partition coefficient (Wildman–Crippen LogP) is 4.86.